The molecule has 4 rings (SSSR count). The lowest BCUT2D eigenvalue weighted by atomic mass is 10.1. The van der Waals surface area contributed by atoms with Gasteiger partial charge in [0, 0.05) is 26.1 Å². The zero-order valence-electron chi connectivity index (χ0n) is 13.2. The van der Waals surface area contributed by atoms with Gasteiger partial charge in [-0.3, -0.25) is 0 Å². The first-order chi connectivity index (χ1) is 11.1. The van der Waals surface area contributed by atoms with Gasteiger partial charge in [0.1, 0.15) is 12.0 Å². The molecule has 0 saturated heterocycles. The second kappa shape index (κ2) is 5.22. The summed E-state index contributed by atoms with van der Waals surface area (Å²) in [5.41, 5.74) is 3.42. The first-order valence-electron chi connectivity index (χ1n) is 7.78. The predicted molar refractivity (Wildman–Crippen MR) is 88.7 cm³/mol. The maximum atomic E-state index is 12.3. The second-order valence-electron chi connectivity index (χ2n) is 6.37. The molecule has 2 amide bonds. The van der Waals surface area contributed by atoms with Crippen LogP contribution in [-0.2, 0) is 6.42 Å². The van der Waals surface area contributed by atoms with Crippen molar-refractivity contribution in [2.24, 2.45) is 5.92 Å². The molecule has 2 N–H and O–H groups in total. The Morgan fingerprint density at radius 2 is 2.13 bits per heavy atom. The molecule has 3 atom stereocenters. The number of anilines is 2. The van der Waals surface area contributed by atoms with Crippen LogP contribution in [0.4, 0.5) is 16.3 Å². The van der Waals surface area contributed by atoms with Crippen LogP contribution in [0.25, 0.3) is 0 Å². The number of benzene rings is 1. The van der Waals surface area contributed by atoms with E-state index in [2.05, 4.69) is 44.9 Å². The monoisotopic (exact) mass is 309 g/mol. The van der Waals surface area contributed by atoms with Crippen LogP contribution in [0, 0.1) is 5.92 Å². The minimum absolute atomic E-state index is 0.195. The summed E-state index contributed by atoms with van der Waals surface area (Å²) in [5.74, 6) is 1.70. The summed E-state index contributed by atoms with van der Waals surface area (Å²) in [5, 5.41) is 5.95. The van der Waals surface area contributed by atoms with E-state index in [9.17, 15) is 4.79 Å². The lowest BCUT2D eigenvalue weighted by molar-refractivity contribution is 0.251. The fourth-order valence-electron chi connectivity index (χ4n) is 3.63. The standard InChI is InChI=1S/C17H19N5O/c1-22(2)16-13(8-18-9-19-16)20-17(23)21-15-12-7-10-5-3-4-6-11(10)14(12)15/h3-6,8-9,12,14-15H,7H2,1-2H3,(H2,20,21,23). The van der Waals surface area contributed by atoms with E-state index in [-0.39, 0.29) is 12.1 Å². The third-order valence-electron chi connectivity index (χ3n) is 4.70. The van der Waals surface area contributed by atoms with Gasteiger partial charge >= 0.3 is 6.03 Å². The predicted octanol–water partition coefficient (Wildman–Crippen LogP) is 2.00. The van der Waals surface area contributed by atoms with Crippen LogP contribution in [0.5, 0.6) is 0 Å². The van der Waals surface area contributed by atoms with E-state index in [0.29, 0.717) is 23.3 Å². The number of hydrogen-bond donors (Lipinski definition) is 2. The van der Waals surface area contributed by atoms with E-state index in [4.69, 9.17) is 0 Å². The van der Waals surface area contributed by atoms with Crippen LogP contribution in [0.15, 0.2) is 36.8 Å². The van der Waals surface area contributed by atoms with Crippen molar-refractivity contribution in [3.63, 3.8) is 0 Å². The number of rotatable bonds is 3. The fourth-order valence-corrected chi connectivity index (χ4v) is 3.63. The Kier molecular flexibility index (Phi) is 3.18. The van der Waals surface area contributed by atoms with Gasteiger partial charge in [-0.05, 0) is 23.5 Å². The van der Waals surface area contributed by atoms with E-state index in [1.54, 1.807) is 6.20 Å². The number of fused-ring (bicyclic) bond motifs is 3. The zero-order valence-corrected chi connectivity index (χ0v) is 13.2. The molecule has 1 heterocycles. The fraction of sp³-hybridized carbons (Fsp3) is 0.353. The van der Waals surface area contributed by atoms with Crippen LogP contribution in [0.2, 0.25) is 0 Å². The lowest BCUT2D eigenvalue weighted by Crippen LogP contribution is -2.33. The van der Waals surface area contributed by atoms with Crippen molar-refractivity contribution in [1.82, 2.24) is 15.3 Å². The number of nitrogens with zero attached hydrogens (tertiary/aromatic N) is 3. The number of carbonyl (C=O) groups excluding carboxylic acids is 1. The molecule has 0 bridgehead atoms. The molecular formula is C17H19N5O. The van der Waals surface area contributed by atoms with Crippen molar-refractivity contribution in [2.75, 3.05) is 24.3 Å². The van der Waals surface area contributed by atoms with Gasteiger partial charge in [-0.15, -0.1) is 0 Å². The SMILES string of the molecule is CN(C)c1ncncc1NC(=O)NC1C2Cc3ccccc3C21. The molecule has 2 aliphatic carbocycles. The molecule has 1 saturated carbocycles. The third-order valence-corrected chi connectivity index (χ3v) is 4.70. The van der Waals surface area contributed by atoms with Gasteiger partial charge in [-0.25, -0.2) is 14.8 Å². The smallest absolute Gasteiger partial charge is 0.319 e. The van der Waals surface area contributed by atoms with Crippen molar-refractivity contribution < 1.29 is 4.79 Å². The number of nitrogens with one attached hydrogen (secondary N) is 2. The van der Waals surface area contributed by atoms with Gasteiger partial charge in [0.05, 0.1) is 6.20 Å². The molecular weight excluding hydrogens is 290 g/mol. The van der Waals surface area contributed by atoms with Crippen molar-refractivity contribution in [1.29, 1.82) is 0 Å². The number of urea groups is 1. The summed E-state index contributed by atoms with van der Waals surface area (Å²) < 4.78 is 0. The number of aromatic nitrogens is 2. The largest absolute Gasteiger partial charge is 0.361 e. The first-order valence-corrected chi connectivity index (χ1v) is 7.78. The highest BCUT2D eigenvalue weighted by Gasteiger charge is 2.56. The van der Waals surface area contributed by atoms with Crippen molar-refractivity contribution in [2.45, 2.75) is 18.4 Å². The molecule has 0 spiro atoms. The van der Waals surface area contributed by atoms with Gasteiger partial charge in [0.15, 0.2) is 5.82 Å². The lowest BCUT2D eigenvalue weighted by Gasteiger charge is -2.16. The normalized spacial score (nSPS) is 23.7. The van der Waals surface area contributed by atoms with Gasteiger partial charge in [-0.1, -0.05) is 24.3 Å². The summed E-state index contributed by atoms with van der Waals surface area (Å²) in [6.45, 7) is 0. The molecule has 2 aliphatic rings. The summed E-state index contributed by atoms with van der Waals surface area (Å²) in [6, 6.07) is 8.55. The van der Waals surface area contributed by atoms with Crippen molar-refractivity contribution in [3.8, 4) is 0 Å². The Bertz CT molecular complexity index is 760. The molecule has 6 heteroatoms. The summed E-state index contributed by atoms with van der Waals surface area (Å²) in [4.78, 5) is 22.3. The molecule has 118 valence electrons. The third kappa shape index (κ3) is 2.40. The number of hydrogen-bond acceptors (Lipinski definition) is 4. The molecule has 6 nitrogen and oxygen atoms in total. The van der Waals surface area contributed by atoms with Crippen LogP contribution >= 0.6 is 0 Å². The second-order valence-corrected chi connectivity index (χ2v) is 6.37. The van der Waals surface area contributed by atoms with Gasteiger partial charge < -0.3 is 15.5 Å². The summed E-state index contributed by atoms with van der Waals surface area (Å²) in [7, 11) is 3.77. The Morgan fingerprint density at radius 3 is 2.96 bits per heavy atom. The van der Waals surface area contributed by atoms with Crippen molar-refractivity contribution >= 4 is 17.5 Å². The average molecular weight is 309 g/mol. The van der Waals surface area contributed by atoms with E-state index < -0.39 is 0 Å². The highest BCUT2D eigenvalue weighted by atomic mass is 16.2. The molecule has 0 radical (unpaired) electrons. The topological polar surface area (TPSA) is 70.2 Å². The van der Waals surface area contributed by atoms with E-state index in [1.165, 1.54) is 17.5 Å². The number of carbonyl (C=O) groups is 1. The Morgan fingerprint density at radius 1 is 1.30 bits per heavy atom. The highest BCUT2D eigenvalue weighted by Crippen LogP contribution is 2.56. The van der Waals surface area contributed by atoms with E-state index in [0.717, 1.165) is 6.42 Å². The Labute approximate surface area is 134 Å². The molecule has 1 fully saturated rings. The van der Waals surface area contributed by atoms with Gasteiger partial charge in [0.2, 0.25) is 0 Å². The summed E-state index contributed by atoms with van der Waals surface area (Å²) >= 11 is 0. The average Bonchev–Trinajstić information content (AvgIpc) is 3.04. The van der Waals surface area contributed by atoms with Gasteiger partial charge in [0.25, 0.3) is 0 Å². The van der Waals surface area contributed by atoms with Gasteiger partial charge in [-0.2, -0.15) is 0 Å². The quantitative estimate of drug-likeness (QED) is 0.910. The Balaban J connectivity index is 1.42. The van der Waals surface area contributed by atoms with Crippen LogP contribution in [0.1, 0.15) is 17.0 Å². The zero-order chi connectivity index (χ0) is 16.0. The van der Waals surface area contributed by atoms with E-state index in [1.807, 2.05) is 19.0 Å². The minimum atomic E-state index is -0.195. The van der Waals surface area contributed by atoms with Crippen molar-refractivity contribution in [3.05, 3.63) is 47.9 Å². The van der Waals surface area contributed by atoms with Crippen LogP contribution in [-0.4, -0.2) is 36.1 Å². The van der Waals surface area contributed by atoms with E-state index >= 15 is 0 Å². The minimum Gasteiger partial charge on any atom is -0.361 e. The van der Waals surface area contributed by atoms with Crippen LogP contribution in [0.3, 0.4) is 0 Å². The molecule has 0 aliphatic heterocycles. The Hall–Kier alpha value is -2.63. The molecule has 23 heavy (non-hydrogen) atoms. The van der Waals surface area contributed by atoms with Crippen LogP contribution < -0.4 is 15.5 Å². The molecule has 2 aromatic rings. The maximum Gasteiger partial charge on any atom is 0.319 e. The first kappa shape index (κ1) is 14.0. The number of amides is 2. The maximum absolute atomic E-state index is 12.3. The highest BCUT2D eigenvalue weighted by molar-refractivity contribution is 5.92. The summed E-state index contributed by atoms with van der Waals surface area (Å²) in [6.07, 6.45) is 4.15. The molecule has 3 unspecified atom stereocenters. The molecule has 1 aromatic carbocycles. The molecule has 1 aromatic heterocycles.